The normalized spacial score (nSPS) is 22.0. The van der Waals surface area contributed by atoms with E-state index in [9.17, 15) is 4.79 Å². The molecule has 2 atom stereocenters. The largest absolute Gasteiger partial charge is 0.481 e. The van der Waals surface area contributed by atoms with E-state index >= 15 is 0 Å². The number of carbonyl (C=O) groups is 1. The van der Waals surface area contributed by atoms with Crippen molar-refractivity contribution in [3.63, 3.8) is 0 Å². The third-order valence-corrected chi connectivity index (χ3v) is 4.96. The van der Waals surface area contributed by atoms with Crippen LogP contribution in [-0.4, -0.2) is 75.1 Å². The van der Waals surface area contributed by atoms with Gasteiger partial charge < -0.3 is 24.8 Å². The maximum Gasteiger partial charge on any atom is 0.315 e. The zero-order chi connectivity index (χ0) is 18.2. The summed E-state index contributed by atoms with van der Waals surface area (Å²) in [6, 6.07) is 3.79. The van der Waals surface area contributed by atoms with Crippen LogP contribution in [0.25, 0.3) is 0 Å². The first-order chi connectivity index (χ1) is 12.8. The number of aromatic nitrogens is 1. The Kier molecular flexibility index (Phi) is 7.04. The lowest BCUT2D eigenvalue weighted by Gasteiger charge is -2.37. The molecule has 3 heterocycles. The van der Waals surface area contributed by atoms with Crippen molar-refractivity contribution in [3.8, 4) is 5.88 Å². The van der Waals surface area contributed by atoms with Gasteiger partial charge in [-0.05, 0) is 12.0 Å². The second kappa shape index (κ2) is 9.70. The van der Waals surface area contributed by atoms with Crippen LogP contribution in [0.15, 0.2) is 18.3 Å². The molecular formula is C18H28N4O4. The fourth-order valence-corrected chi connectivity index (χ4v) is 3.44. The molecule has 8 nitrogen and oxygen atoms in total. The van der Waals surface area contributed by atoms with Crippen LogP contribution in [0.2, 0.25) is 0 Å². The molecule has 26 heavy (non-hydrogen) atoms. The van der Waals surface area contributed by atoms with Crippen molar-refractivity contribution in [3.05, 3.63) is 23.9 Å². The van der Waals surface area contributed by atoms with Crippen molar-refractivity contribution in [1.82, 2.24) is 20.5 Å². The Hall–Kier alpha value is -1.90. The van der Waals surface area contributed by atoms with Crippen LogP contribution in [0.5, 0.6) is 5.88 Å². The molecule has 0 aliphatic carbocycles. The Balaban J connectivity index is 1.46. The van der Waals surface area contributed by atoms with Crippen LogP contribution in [0.3, 0.4) is 0 Å². The zero-order valence-corrected chi connectivity index (χ0v) is 15.3. The predicted molar refractivity (Wildman–Crippen MR) is 96.1 cm³/mol. The van der Waals surface area contributed by atoms with E-state index in [-0.39, 0.29) is 12.1 Å². The van der Waals surface area contributed by atoms with Gasteiger partial charge in [0.1, 0.15) is 0 Å². The van der Waals surface area contributed by atoms with Gasteiger partial charge >= 0.3 is 6.03 Å². The summed E-state index contributed by atoms with van der Waals surface area (Å²) in [6.07, 6.45) is 2.74. The molecule has 2 aliphatic rings. The number of pyridine rings is 1. The van der Waals surface area contributed by atoms with Gasteiger partial charge in [0, 0.05) is 57.0 Å². The van der Waals surface area contributed by atoms with Gasteiger partial charge in [-0.1, -0.05) is 6.07 Å². The van der Waals surface area contributed by atoms with Crippen LogP contribution in [-0.2, 0) is 16.0 Å². The molecule has 2 fully saturated rings. The standard InChI is InChI=1S/C18H28N4O4/c1-24-17-3-2-14(10-19-17)11-20-18(23)21-12-16(15-4-7-26-13-15)22-5-8-25-9-6-22/h2-3,10,15-16H,4-9,11-13H2,1H3,(H2,20,21,23)/t15-,16+/m1/s1. The lowest BCUT2D eigenvalue weighted by atomic mass is 9.97. The minimum Gasteiger partial charge on any atom is -0.481 e. The molecule has 2 saturated heterocycles. The van der Waals surface area contributed by atoms with Gasteiger partial charge in [-0.25, -0.2) is 9.78 Å². The van der Waals surface area contributed by atoms with Gasteiger partial charge in [0.2, 0.25) is 5.88 Å². The molecule has 0 unspecified atom stereocenters. The van der Waals surface area contributed by atoms with E-state index in [1.54, 1.807) is 19.4 Å². The Morgan fingerprint density at radius 1 is 1.31 bits per heavy atom. The molecule has 2 N–H and O–H groups in total. The molecule has 8 heteroatoms. The van der Waals surface area contributed by atoms with Crippen LogP contribution >= 0.6 is 0 Å². The number of hydrogen-bond donors (Lipinski definition) is 2. The van der Waals surface area contributed by atoms with E-state index in [0.717, 1.165) is 51.5 Å². The molecule has 0 saturated carbocycles. The number of ether oxygens (including phenoxy) is 3. The topological polar surface area (TPSA) is 85.0 Å². The monoisotopic (exact) mass is 364 g/mol. The number of nitrogens with zero attached hydrogens (tertiary/aromatic N) is 2. The first-order valence-electron chi connectivity index (χ1n) is 9.16. The fraction of sp³-hybridized carbons (Fsp3) is 0.667. The predicted octanol–water partition coefficient (Wildman–Crippen LogP) is 0.627. The first kappa shape index (κ1) is 18.9. The summed E-state index contributed by atoms with van der Waals surface area (Å²) in [4.78, 5) is 18.7. The third kappa shape index (κ3) is 5.30. The molecule has 0 aromatic carbocycles. The summed E-state index contributed by atoms with van der Waals surface area (Å²) in [5, 5.41) is 5.90. The number of methoxy groups -OCH3 is 1. The number of nitrogens with one attached hydrogen (secondary N) is 2. The highest BCUT2D eigenvalue weighted by Crippen LogP contribution is 2.21. The summed E-state index contributed by atoms with van der Waals surface area (Å²) >= 11 is 0. The van der Waals surface area contributed by atoms with Crippen molar-refractivity contribution >= 4 is 6.03 Å². The average molecular weight is 364 g/mol. The summed E-state index contributed by atoms with van der Waals surface area (Å²) in [5.41, 5.74) is 0.926. The van der Waals surface area contributed by atoms with E-state index in [0.29, 0.717) is 24.9 Å². The SMILES string of the molecule is COc1ccc(CNC(=O)NC[C@@H]([C@@H]2CCOC2)N2CCOCC2)cn1. The van der Waals surface area contributed by atoms with E-state index in [1.165, 1.54) is 0 Å². The number of morpholine rings is 1. The van der Waals surface area contributed by atoms with Crippen molar-refractivity contribution in [1.29, 1.82) is 0 Å². The zero-order valence-electron chi connectivity index (χ0n) is 15.3. The molecule has 1 aromatic rings. The molecule has 144 valence electrons. The quantitative estimate of drug-likeness (QED) is 0.738. The number of urea groups is 1. The molecule has 1 aromatic heterocycles. The Labute approximate surface area is 154 Å². The van der Waals surface area contributed by atoms with Crippen LogP contribution in [0, 0.1) is 5.92 Å². The van der Waals surface area contributed by atoms with Gasteiger partial charge in [-0.15, -0.1) is 0 Å². The van der Waals surface area contributed by atoms with Crippen molar-refractivity contribution in [2.24, 2.45) is 5.92 Å². The minimum atomic E-state index is -0.169. The lowest BCUT2D eigenvalue weighted by molar-refractivity contribution is 0.00212. The second-order valence-corrected chi connectivity index (χ2v) is 6.61. The minimum absolute atomic E-state index is 0.169. The second-order valence-electron chi connectivity index (χ2n) is 6.61. The lowest BCUT2D eigenvalue weighted by Crippen LogP contribution is -2.53. The van der Waals surface area contributed by atoms with Gasteiger partial charge in [0.15, 0.2) is 0 Å². The van der Waals surface area contributed by atoms with Crippen molar-refractivity contribution < 1.29 is 19.0 Å². The maximum atomic E-state index is 12.2. The van der Waals surface area contributed by atoms with E-state index in [1.807, 2.05) is 6.07 Å². The first-order valence-corrected chi connectivity index (χ1v) is 9.16. The summed E-state index contributed by atoms with van der Waals surface area (Å²) in [7, 11) is 1.58. The third-order valence-electron chi connectivity index (χ3n) is 4.96. The average Bonchev–Trinajstić information content (AvgIpc) is 3.22. The molecule has 2 aliphatic heterocycles. The summed E-state index contributed by atoms with van der Waals surface area (Å²) in [5.74, 6) is 1.02. The fourth-order valence-electron chi connectivity index (χ4n) is 3.44. The van der Waals surface area contributed by atoms with Crippen LogP contribution in [0.4, 0.5) is 4.79 Å². The number of hydrogen-bond acceptors (Lipinski definition) is 6. The highest BCUT2D eigenvalue weighted by atomic mass is 16.5. The molecule has 2 amide bonds. The Bertz CT molecular complexity index is 557. The van der Waals surface area contributed by atoms with Gasteiger partial charge in [-0.2, -0.15) is 0 Å². The Morgan fingerprint density at radius 2 is 2.15 bits per heavy atom. The van der Waals surface area contributed by atoms with Gasteiger partial charge in [0.05, 0.1) is 26.9 Å². The molecule has 0 spiro atoms. The van der Waals surface area contributed by atoms with Crippen molar-refractivity contribution in [2.45, 2.75) is 19.0 Å². The van der Waals surface area contributed by atoms with Crippen LogP contribution in [0.1, 0.15) is 12.0 Å². The summed E-state index contributed by atoms with van der Waals surface area (Å²) in [6.45, 7) is 5.93. The smallest absolute Gasteiger partial charge is 0.315 e. The van der Waals surface area contributed by atoms with E-state index < -0.39 is 0 Å². The highest BCUT2D eigenvalue weighted by Gasteiger charge is 2.31. The molecule has 3 rings (SSSR count). The van der Waals surface area contributed by atoms with E-state index in [2.05, 4.69) is 20.5 Å². The number of carbonyl (C=O) groups excluding carboxylic acids is 1. The van der Waals surface area contributed by atoms with Crippen molar-refractivity contribution in [2.75, 3.05) is 53.2 Å². The van der Waals surface area contributed by atoms with E-state index in [4.69, 9.17) is 14.2 Å². The number of rotatable bonds is 7. The number of amides is 2. The van der Waals surface area contributed by atoms with Gasteiger partial charge in [-0.3, -0.25) is 4.90 Å². The maximum absolute atomic E-state index is 12.2. The van der Waals surface area contributed by atoms with Gasteiger partial charge in [0.25, 0.3) is 0 Å². The molecule has 0 radical (unpaired) electrons. The highest BCUT2D eigenvalue weighted by molar-refractivity contribution is 5.73. The van der Waals surface area contributed by atoms with Crippen LogP contribution < -0.4 is 15.4 Å². The molecule has 0 bridgehead atoms. The Morgan fingerprint density at radius 3 is 2.81 bits per heavy atom. The summed E-state index contributed by atoms with van der Waals surface area (Å²) < 4.78 is 16.0. The molecular weight excluding hydrogens is 336 g/mol.